The molecule has 164 valence electrons. The third kappa shape index (κ3) is 4.69. The van der Waals surface area contributed by atoms with Crippen LogP contribution in [0.2, 0.25) is 5.02 Å². The number of ether oxygens (including phenoxy) is 1. The topological polar surface area (TPSA) is 97.4 Å². The molecule has 0 aliphatic rings. The molecule has 0 saturated carbocycles. The third-order valence-corrected chi connectivity index (χ3v) is 7.30. The van der Waals surface area contributed by atoms with Crippen LogP contribution in [0.15, 0.2) is 65.6 Å². The summed E-state index contributed by atoms with van der Waals surface area (Å²) in [5.74, 6) is 0.468. The minimum Gasteiger partial charge on any atom is -0.497 e. The minimum atomic E-state index is -3.86. The Bertz CT molecular complexity index is 1420. The molecule has 32 heavy (non-hydrogen) atoms. The number of halogens is 1. The van der Waals surface area contributed by atoms with Gasteiger partial charge < -0.3 is 10.1 Å². The molecule has 1 heterocycles. The first-order valence-corrected chi connectivity index (χ1v) is 12.1. The zero-order valence-corrected chi connectivity index (χ0v) is 19.4. The second kappa shape index (κ2) is 8.78. The number of nitrogens with one attached hydrogen (secondary N) is 2. The van der Waals surface area contributed by atoms with E-state index in [0.29, 0.717) is 11.4 Å². The van der Waals surface area contributed by atoms with Crippen LogP contribution in [0, 0.1) is 0 Å². The molecule has 4 rings (SSSR count). The van der Waals surface area contributed by atoms with Crippen molar-refractivity contribution in [3.63, 3.8) is 0 Å². The number of carbonyl (C=O) groups is 1. The van der Waals surface area contributed by atoms with Gasteiger partial charge in [0.15, 0.2) is 0 Å². The van der Waals surface area contributed by atoms with Gasteiger partial charge in [0.05, 0.1) is 32.9 Å². The summed E-state index contributed by atoms with van der Waals surface area (Å²) in [6, 6.07) is 16.8. The molecule has 0 unspecified atom stereocenters. The maximum Gasteiger partial charge on any atom is 0.261 e. The molecule has 3 aromatic carbocycles. The lowest BCUT2D eigenvalue weighted by molar-refractivity contribution is -0.114. The van der Waals surface area contributed by atoms with Gasteiger partial charge in [-0.25, -0.2) is 13.4 Å². The number of benzene rings is 3. The number of carbonyl (C=O) groups excluding carboxylic acids is 1. The maximum absolute atomic E-state index is 12.7. The smallest absolute Gasteiger partial charge is 0.261 e. The van der Waals surface area contributed by atoms with E-state index in [4.69, 9.17) is 16.3 Å². The summed E-state index contributed by atoms with van der Waals surface area (Å²) < 4.78 is 34.3. The predicted molar refractivity (Wildman–Crippen MR) is 128 cm³/mol. The zero-order chi connectivity index (χ0) is 22.9. The van der Waals surface area contributed by atoms with Gasteiger partial charge in [-0.1, -0.05) is 11.6 Å². The van der Waals surface area contributed by atoms with Crippen LogP contribution in [-0.4, -0.2) is 26.4 Å². The summed E-state index contributed by atoms with van der Waals surface area (Å²) in [5.41, 5.74) is 2.49. The van der Waals surface area contributed by atoms with Gasteiger partial charge >= 0.3 is 0 Å². The number of hydrogen-bond donors (Lipinski definition) is 2. The molecular weight excluding hydrogens is 470 g/mol. The zero-order valence-electron chi connectivity index (χ0n) is 17.0. The highest BCUT2D eigenvalue weighted by Gasteiger charge is 2.17. The largest absolute Gasteiger partial charge is 0.497 e. The lowest BCUT2D eigenvalue weighted by Gasteiger charge is -2.11. The molecule has 0 saturated heterocycles. The van der Waals surface area contributed by atoms with Gasteiger partial charge in [-0.3, -0.25) is 9.52 Å². The number of fused-ring (bicyclic) bond motifs is 1. The summed E-state index contributed by atoms with van der Waals surface area (Å²) in [6.07, 6.45) is 0. The van der Waals surface area contributed by atoms with E-state index in [1.54, 1.807) is 31.4 Å². The number of hydrogen-bond acceptors (Lipinski definition) is 6. The van der Waals surface area contributed by atoms with Gasteiger partial charge in [0, 0.05) is 18.2 Å². The van der Waals surface area contributed by atoms with Gasteiger partial charge in [-0.05, 0) is 60.7 Å². The molecule has 0 spiro atoms. The number of methoxy groups -OCH3 is 1. The lowest BCUT2D eigenvalue weighted by Crippen LogP contribution is -2.13. The van der Waals surface area contributed by atoms with Crippen LogP contribution in [0.1, 0.15) is 6.92 Å². The molecule has 1 amide bonds. The molecule has 1 aromatic heterocycles. The minimum absolute atomic E-state index is 0.0131. The van der Waals surface area contributed by atoms with E-state index >= 15 is 0 Å². The molecule has 0 fully saturated rings. The van der Waals surface area contributed by atoms with Crippen molar-refractivity contribution in [3.8, 4) is 16.3 Å². The number of amides is 1. The summed E-state index contributed by atoms with van der Waals surface area (Å²) in [7, 11) is -2.24. The predicted octanol–water partition coefficient (Wildman–Crippen LogP) is 5.38. The van der Waals surface area contributed by atoms with E-state index in [1.165, 1.54) is 36.5 Å². The van der Waals surface area contributed by atoms with Crippen LogP contribution < -0.4 is 14.8 Å². The van der Waals surface area contributed by atoms with Crippen molar-refractivity contribution in [1.82, 2.24) is 4.98 Å². The SMILES string of the molecule is COc1ccc2nc(-c3ccc(NS(=O)(=O)c4ccc(NC(C)=O)c(Cl)c4)cc3)sc2c1. The molecule has 4 aromatic rings. The fourth-order valence-electron chi connectivity index (χ4n) is 3.00. The lowest BCUT2D eigenvalue weighted by atomic mass is 10.2. The third-order valence-electron chi connectivity index (χ3n) is 4.54. The Labute approximate surface area is 194 Å². The van der Waals surface area contributed by atoms with Gasteiger partial charge in [-0.15, -0.1) is 11.3 Å². The molecule has 0 radical (unpaired) electrons. The van der Waals surface area contributed by atoms with E-state index in [1.807, 2.05) is 18.2 Å². The van der Waals surface area contributed by atoms with E-state index in [2.05, 4.69) is 15.0 Å². The maximum atomic E-state index is 12.7. The van der Waals surface area contributed by atoms with Crippen molar-refractivity contribution in [2.75, 3.05) is 17.1 Å². The van der Waals surface area contributed by atoms with E-state index < -0.39 is 10.0 Å². The van der Waals surface area contributed by atoms with Crippen molar-refractivity contribution in [2.45, 2.75) is 11.8 Å². The Morgan fingerprint density at radius 2 is 1.81 bits per heavy atom. The van der Waals surface area contributed by atoms with E-state index in [9.17, 15) is 13.2 Å². The highest BCUT2D eigenvalue weighted by molar-refractivity contribution is 7.92. The monoisotopic (exact) mass is 487 g/mol. The Kier molecular flexibility index (Phi) is 6.05. The van der Waals surface area contributed by atoms with Crippen LogP contribution in [0.5, 0.6) is 5.75 Å². The summed E-state index contributed by atoms with van der Waals surface area (Å²) in [4.78, 5) is 15.8. The second-order valence-corrected chi connectivity index (χ2v) is 9.98. The molecule has 0 bridgehead atoms. The first-order chi connectivity index (χ1) is 15.2. The molecule has 0 atom stereocenters. The van der Waals surface area contributed by atoms with Crippen molar-refractivity contribution in [3.05, 3.63) is 65.7 Å². The summed E-state index contributed by atoms with van der Waals surface area (Å²) >= 11 is 7.63. The van der Waals surface area contributed by atoms with Gasteiger partial charge in [0.2, 0.25) is 5.91 Å². The average molecular weight is 488 g/mol. The van der Waals surface area contributed by atoms with E-state index in [0.717, 1.165) is 26.5 Å². The van der Waals surface area contributed by atoms with Gasteiger partial charge in [-0.2, -0.15) is 0 Å². The van der Waals surface area contributed by atoms with Crippen molar-refractivity contribution in [2.24, 2.45) is 0 Å². The fourth-order valence-corrected chi connectivity index (χ4v) is 5.38. The van der Waals surface area contributed by atoms with Crippen molar-refractivity contribution in [1.29, 1.82) is 0 Å². The Hall–Kier alpha value is -3.14. The molecular formula is C22H18ClN3O4S2. The molecule has 0 aliphatic heterocycles. The second-order valence-electron chi connectivity index (χ2n) is 6.86. The first kappa shape index (κ1) is 22.1. The Morgan fingerprint density at radius 1 is 1.06 bits per heavy atom. The van der Waals surface area contributed by atoms with Crippen LogP contribution >= 0.6 is 22.9 Å². The Balaban J connectivity index is 1.54. The van der Waals surface area contributed by atoms with Gasteiger partial charge in [0.1, 0.15) is 10.8 Å². The first-order valence-electron chi connectivity index (χ1n) is 9.40. The van der Waals surface area contributed by atoms with Crippen LogP contribution in [-0.2, 0) is 14.8 Å². The summed E-state index contributed by atoms with van der Waals surface area (Å²) in [5, 5.41) is 3.49. The number of thiazole rings is 1. The highest BCUT2D eigenvalue weighted by atomic mass is 35.5. The van der Waals surface area contributed by atoms with Crippen LogP contribution in [0.25, 0.3) is 20.8 Å². The number of sulfonamides is 1. The number of nitrogens with zero attached hydrogens (tertiary/aromatic N) is 1. The van der Waals surface area contributed by atoms with Crippen molar-refractivity contribution < 1.29 is 17.9 Å². The normalized spacial score (nSPS) is 11.3. The quantitative estimate of drug-likeness (QED) is 0.380. The van der Waals surface area contributed by atoms with Crippen LogP contribution in [0.4, 0.5) is 11.4 Å². The fraction of sp³-hybridized carbons (Fsp3) is 0.0909. The van der Waals surface area contributed by atoms with Gasteiger partial charge in [0.25, 0.3) is 10.0 Å². The molecule has 7 nitrogen and oxygen atoms in total. The number of rotatable bonds is 6. The molecule has 2 N–H and O–H groups in total. The van der Waals surface area contributed by atoms with Crippen molar-refractivity contribution >= 4 is 60.5 Å². The number of aromatic nitrogens is 1. The highest BCUT2D eigenvalue weighted by Crippen LogP contribution is 2.33. The van der Waals surface area contributed by atoms with Crippen LogP contribution in [0.3, 0.4) is 0 Å². The summed E-state index contributed by atoms with van der Waals surface area (Å²) in [6.45, 7) is 1.34. The number of anilines is 2. The van der Waals surface area contributed by atoms with E-state index in [-0.39, 0.29) is 15.8 Å². The average Bonchev–Trinajstić information content (AvgIpc) is 3.18. The Morgan fingerprint density at radius 3 is 2.47 bits per heavy atom. The standard InChI is InChI=1S/C22H18ClN3O4S2/c1-13(27)24-19-10-8-17(12-18(19)23)32(28,29)26-15-5-3-14(4-6-15)22-25-20-9-7-16(30-2)11-21(20)31-22/h3-12,26H,1-2H3,(H,24,27). The molecule has 0 aliphatic carbocycles. The molecule has 10 heteroatoms.